The van der Waals surface area contributed by atoms with Crippen LogP contribution in [-0.4, -0.2) is 10.8 Å². The molecule has 1 aromatic rings. The molecule has 1 aromatic carbocycles. The smallest absolute Gasteiger partial charge is 0.115 e. The van der Waals surface area contributed by atoms with E-state index in [0.29, 0.717) is 5.92 Å². The molecule has 0 saturated heterocycles. The highest BCUT2D eigenvalue weighted by Crippen LogP contribution is 2.19. The minimum atomic E-state index is 0.271. The molecule has 15 heavy (non-hydrogen) atoms. The third-order valence-electron chi connectivity index (χ3n) is 2.39. The van der Waals surface area contributed by atoms with Crippen LogP contribution in [0.4, 0.5) is 5.69 Å². The van der Waals surface area contributed by atoms with Crippen molar-refractivity contribution in [2.24, 2.45) is 10.9 Å². The molecule has 1 aliphatic rings. The fraction of sp³-hybridized carbons (Fsp3) is 0.154. The Hall–Kier alpha value is -1.83. The maximum absolute atomic E-state index is 9.13. The van der Waals surface area contributed by atoms with Crippen LogP contribution in [0, 0.1) is 5.92 Å². The summed E-state index contributed by atoms with van der Waals surface area (Å²) in [6, 6.07) is 6.90. The number of aromatic hydroxyl groups is 1. The summed E-state index contributed by atoms with van der Waals surface area (Å²) in [5.41, 5.74) is 1.93. The van der Waals surface area contributed by atoms with Gasteiger partial charge in [0, 0.05) is 11.6 Å². The summed E-state index contributed by atoms with van der Waals surface area (Å²) in [4.78, 5) is 4.49. The number of rotatable bonds is 2. The Labute approximate surface area is 89.3 Å². The average molecular weight is 199 g/mol. The number of aliphatic imine (C=N–C) groups is 1. The van der Waals surface area contributed by atoms with E-state index in [9.17, 15) is 0 Å². The second-order valence-electron chi connectivity index (χ2n) is 3.57. The summed E-state index contributed by atoms with van der Waals surface area (Å²) < 4.78 is 0. The molecule has 0 fully saturated rings. The molecule has 0 aliphatic heterocycles. The largest absolute Gasteiger partial charge is 0.508 e. The summed E-state index contributed by atoms with van der Waals surface area (Å²) in [5, 5.41) is 9.13. The predicted octanol–water partition coefficient (Wildman–Crippen LogP) is 3.23. The number of phenolic OH excluding ortho intramolecular Hbond substituents is 1. The second kappa shape index (κ2) is 4.13. The molecular formula is C13H13NO. The average Bonchev–Trinajstić information content (AvgIpc) is 2.74. The lowest BCUT2D eigenvalue weighted by atomic mass is 10.1. The Balaban J connectivity index is 2.18. The third kappa shape index (κ3) is 2.34. The van der Waals surface area contributed by atoms with Gasteiger partial charge in [0.05, 0.1) is 5.69 Å². The van der Waals surface area contributed by atoms with Crippen molar-refractivity contribution in [2.75, 3.05) is 0 Å². The molecule has 2 rings (SSSR count). The molecule has 76 valence electrons. The zero-order valence-corrected chi connectivity index (χ0v) is 8.59. The normalized spacial score (nSPS) is 16.2. The van der Waals surface area contributed by atoms with Gasteiger partial charge in [-0.1, -0.05) is 24.3 Å². The lowest BCUT2D eigenvalue weighted by molar-refractivity contribution is 0.475. The van der Waals surface area contributed by atoms with Crippen LogP contribution in [0.5, 0.6) is 5.75 Å². The topological polar surface area (TPSA) is 32.6 Å². The molecule has 0 saturated carbocycles. The van der Waals surface area contributed by atoms with Gasteiger partial charge in [0.2, 0.25) is 0 Å². The number of hydrogen-bond acceptors (Lipinski definition) is 2. The minimum Gasteiger partial charge on any atom is -0.508 e. The van der Waals surface area contributed by atoms with Crippen molar-refractivity contribution >= 4 is 11.4 Å². The summed E-state index contributed by atoms with van der Waals surface area (Å²) in [6.07, 6.45) is 8.28. The van der Waals surface area contributed by atoms with E-state index in [4.69, 9.17) is 5.11 Å². The van der Waals surface area contributed by atoms with Crippen LogP contribution in [0.1, 0.15) is 6.92 Å². The molecule has 0 bridgehead atoms. The van der Waals surface area contributed by atoms with Crippen molar-refractivity contribution < 1.29 is 5.11 Å². The molecular weight excluding hydrogens is 186 g/mol. The van der Waals surface area contributed by atoms with E-state index in [1.165, 1.54) is 0 Å². The van der Waals surface area contributed by atoms with Crippen LogP contribution >= 0.6 is 0 Å². The highest BCUT2D eigenvalue weighted by atomic mass is 16.3. The summed E-state index contributed by atoms with van der Waals surface area (Å²) in [6.45, 7) is 2.01. The van der Waals surface area contributed by atoms with Crippen molar-refractivity contribution in [1.29, 1.82) is 0 Å². The zero-order chi connectivity index (χ0) is 10.7. The standard InChI is InChI=1S/C13H13NO/c1-10(11-4-2-3-5-11)14-12-6-8-13(15)9-7-12/h2-9,11,15H,1H3. The van der Waals surface area contributed by atoms with Gasteiger partial charge in [-0.15, -0.1) is 0 Å². The Kier molecular flexibility index (Phi) is 2.68. The van der Waals surface area contributed by atoms with Gasteiger partial charge in [-0.25, -0.2) is 0 Å². The van der Waals surface area contributed by atoms with E-state index in [0.717, 1.165) is 11.4 Å². The minimum absolute atomic E-state index is 0.271. The molecule has 0 atom stereocenters. The Bertz CT molecular complexity index is 414. The third-order valence-corrected chi connectivity index (χ3v) is 2.39. The van der Waals surface area contributed by atoms with Crippen LogP contribution < -0.4 is 0 Å². The van der Waals surface area contributed by atoms with Crippen LogP contribution in [0.3, 0.4) is 0 Å². The predicted molar refractivity (Wildman–Crippen MR) is 62.6 cm³/mol. The molecule has 1 N–H and O–H groups in total. The molecule has 2 heteroatoms. The van der Waals surface area contributed by atoms with Crippen molar-refractivity contribution in [3.8, 4) is 5.75 Å². The molecule has 0 amide bonds. The SMILES string of the molecule is CC(=Nc1ccc(O)cc1)C1C=CC=C1. The van der Waals surface area contributed by atoms with Gasteiger partial charge >= 0.3 is 0 Å². The Morgan fingerprint density at radius 1 is 1.13 bits per heavy atom. The molecule has 0 heterocycles. The van der Waals surface area contributed by atoms with Gasteiger partial charge in [-0.3, -0.25) is 4.99 Å². The molecule has 0 aromatic heterocycles. The van der Waals surface area contributed by atoms with Crippen LogP contribution in [-0.2, 0) is 0 Å². The monoisotopic (exact) mass is 199 g/mol. The van der Waals surface area contributed by atoms with E-state index < -0.39 is 0 Å². The van der Waals surface area contributed by atoms with Gasteiger partial charge in [0.15, 0.2) is 0 Å². The number of hydrogen-bond donors (Lipinski definition) is 1. The van der Waals surface area contributed by atoms with E-state index >= 15 is 0 Å². The van der Waals surface area contributed by atoms with Crippen LogP contribution in [0.15, 0.2) is 53.6 Å². The van der Waals surface area contributed by atoms with E-state index in [-0.39, 0.29) is 5.75 Å². The van der Waals surface area contributed by atoms with E-state index in [1.54, 1.807) is 24.3 Å². The van der Waals surface area contributed by atoms with Crippen molar-refractivity contribution in [3.63, 3.8) is 0 Å². The fourth-order valence-electron chi connectivity index (χ4n) is 1.52. The van der Waals surface area contributed by atoms with Crippen LogP contribution in [0.2, 0.25) is 0 Å². The maximum Gasteiger partial charge on any atom is 0.115 e. The molecule has 1 aliphatic carbocycles. The van der Waals surface area contributed by atoms with Gasteiger partial charge < -0.3 is 5.11 Å². The first-order valence-corrected chi connectivity index (χ1v) is 4.95. The number of nitrogens with zero attached hydrogens (tertiary/aromatic N) is 1. The Morgan fingerprint density at radius 2 is 1.73 bits per heavy atom. The number of allylic oxidation sites excluding steroid dienone is 4. The van der Waals surface area contributed by atoms with Crippen molar-refractivity contribution in [2.45, 2.75) is 6.92 Å². The first kappa shape index (κ1) is 9.71. The maximum atomic E-state index is 9.13. The molecule has 0 unspecified atom stereocenters. The number of benzene rings is 1. The summed E-state index contributed by atoms with van der Waals surface area (Å²) in [5.74, 6) is 0.589. The Morgan fingerprint density at radius 3 is 2.33 bits per heavy atom. The van der Waals surface area contributed by atoms with Gasteiger partial charge in [0.1, 0.15) is 5.75 Å². The summed E-state index contributed by atoms with van der Waals surface area (Å²) >= 11 is 0. The molecule has 2 nitrogen and oxygen atoms in total. The lowest BCUT2D eigenvalue weighted by Crippen LogP contribution is -2.02. The summed E-state index contributed by atoms with van der Waals surface area (Å²) in [7, 11) is 0. The van der Waals surface area contributed by atoms with E-state index in [1.807, 2.05) is 19.1 Å². The van der Waals surface area contributed by atoms with Crippen molar-refractivity contribution in [3.05, 3.63) is 48.6 Å². The van der Waals surface area contributed by atoms with Gasteiger partial charge in [0.25, 0.3) is 0 Å². The molecule has 0 radical (unpaired) electrons. The van der Waals surface area contributed by atoms with Gasteiger partial charge in [-0.2, -0.15) is 0 Å². The lowest BCUT2D eigenvalue weighted by Gasteiger charge is -2.04. The second-order valence-corrected chi connectivity index (χ2v) is 3.57. The van der Waals surface area contributed by atoms with Crippen molar-refractivity contribution in [1.82, 2.24) is 0 Å². The van der Waals surface area contributed by atoms with Gasteiger partial charge in [-0.05, 0) is 31.2 Å². The zero-order valence-electron chi connectivity index (χ0n) is 8.59. The number of phenols is 1. The first-order chi connectivity index (χ1) is 7.25. The first-order valence-electron chi connectivity index (χ1n) is 4.95. The highest BCUT2D eigenvalue weighted by Gasteiger charge is 2.06. The molecule has 0 spiro atoms. The van der Waals surface area contributed by atoms with Crippen LogP contribution in [0.25, 0.3) is 0 Å². The van der Waals surface area contributed by atoms with E-state index in [2.05, 4.69) is 17.1 Å². The highest BCUT2D eigenvalue weighted by molar-refractivity contribution is 5.90. The fourth-order valence-corrected chi connectivity index (χ4v) is 1.52. The quantitative estimate of drug-likeness (QED) is 0.729.